The average Bonchev–Trinajstić information content (AvgIpc) is 3.53. The lowest BCUT2D eigenvalue weighted by molar-refractivity contribution is -0.147. The SMILES string of the molecule is CC(C)[C@@H]1NC(=O)[C@H]2CCCN2C(=O)[C@@H]2CCCN2C(=O)C[C@H](C(=O)NCCCSCCN)NC1=O. The van der Waals surface area contributed by atoms with Crippen LogP contribution in [0.25, 0.3) is 0 Å². The van der Waals surface area contributed by atoms with E-state index >= 15 is 0 Å². The summed E-state index contributed by atoms with van der Waals surface area (Å²) in [6, 6.07) is -3.31. The monoisotopic (exact) mass is 524 g/mol. The van der Waals surface area contributed by atoms with Gasteiger partial charge in [0.05, 0.1) is 6.42 Å². The summed E-state index contributed by atoms with van der Waals surface area (Å²) in [5.74, 6) is -0.492. The molecule has 3 fully saturated rings. The third kappa shape index (κ3) is 6.90. The van der Waals surface area contributed by atoms with E-state index in [0.717, 1.165) is 17.9 Å². The number of carbonyl (C=O) groups is 5. The number of rotatable bonds is 8. The molecule has 202 valence electrons. The number of nitrogens with zero attached hydrogens (tertiary/aromatic N) is 2. The second-order valence-corrected chi connectivity index (χ2v) is 11.2. The van der Waals surface area contributed by atoms with Gasteiger partial charge >= 0.3 is 0 Å². The third-order valence-electron chi connectivity index (χ3n) is 6.98. The lowest BCUT2D eigenvalue weighted by Crippen LogP contribution is -2.58. The fraction of sp³-hybridized carbons (Fsp3) is 0.792. The normalized spacial score (nSPS) is 27.6. The number of amides is 5. The van der Waals surface area contributed by atoms with Gasteiger partial charge in [-0.2, -0.15) is 11.8 Å². The van der Waals surface area contributed by atoms with Gasteiger partial charge in [-0.1, -0.05) is 13.8 Å². The molecular formula is C24H40N6O5S. The molecule has 4 atom stereocenters. The van der Waals surface area contributed by atoms with Crippen LogP contribution in [-0.4, -0.2) is 101 Å². The predicted molar refractivity (Wildman–Crippen MR) is 137 cm³/mol. The molecule has 12 heteroatoms. The summed E-state index contributed by atoms with van der Waals surface area (Å²) in [5.41, 5.74) is 5.49. The Bertz CT molecular complexity index is 830. The van der Waals surface area contributed by atoms with Crippen molar-refractivity contribution in [1.29, 1.82) is 0 Å². The zero-order chi connectivity index (χ0) is 26.2. The molecule has 0 unspecified atom stereocenters. The van der Waals surface area contributed by atoms with Crippen molar-refractivity contribution < 1.29 is 24.0 Å². The molecule has 0 radical (unpaired) electrons. The number of nitrogens with two attached hydrogens (primary N) is 1. The minimum absolute atomic E-state index is 0.228. The molecule has 36 heavy (non-hydrogen) atoms. The summed E-state index contributed by atoms with van der Waals surface area (Å²) in [4.78, 5) is 69.3. The average molecular weight is 525 g/mol. The largest absolute Gasteiger partial charge is 0.354 e. The highest BCUT2D eigenvalue weighted by Gasteiger charge is 2.44. The van der Waals surface area contributed by atoms with Crippen LogP contribution in [0.1, 0.15) is 52.4 Å². The number of thioether (sulfide) groups is 1. The van der Waals surface area contributed by atoms with Crippen molar-refractivity contribution in [3.8, 4) is 0 Å². The highest BCUT2D eigenvalue weighted by Crippen LogP contribution is 2.26. The molecule has 3 aliphatic heterocycles. The summed E-state index contributed by atoms with van der Waals surface area (Å²) in [6.07, 6.45) is 2.88. The standard InChI is InChI=1S/C24H40N6O5S/c1-15(2)20-23(34)27-16(21(32)26-9-5-12-36-13-8-25)14-19(31)29-10-4-7-18(29)24(35)30-11-3-6-17(30)22(33)28-20/h15-18,20H,3-14,25H2,1-2H3,(H,26,32)(H,27,34)(H,28,33)/t16-,17-,18+,20+/m1/s1. The van der Waals surface area contributed by atoms with Gasteiger partial charge in [-0.15, -0.1) is 0 Å². The van der Waals surface area contributed by atoms with Crippen molar-refractivity contribution in [2.45, 2.75) is 76.5 Å². The molecule has 0 spiro atoms. The van der Waals surface area contributed by atoms with Crippen LogP contribution in [0.2, 0.25) is 0 Å². The molecule has 3 heterocycles. The molecule has 11 nitrogen and oxygen atoms in total. The van der Waals surface area contributed by atoms with Crippen LogP contribution in [0.15, 0.2) is 0 Å². The van der Waals surface area contributed by atoms with Gasteiger partial charge in [0.2, 0.25) is 29.5 Å². The Hall–Kier alpha value is -2.34. The minimum Gasteiger partial charge on any atom is -0.354 e. The van der Waals surface area contributed by atoms with Crippen molar-refractivity contribution in [1.82, 2.24) is 25.8 Å². The fourth-order valence-corrected chi connectivity index (χ4v) is 5.78. The molecule has 3 aliphatic rings. The maximum atomic E-state index is 13.4. The van der Waals surface area contributed by atoms with E-state index in [-0.39, 0.29) is 30.1 Å². The van der Waals surface area contributed by atoms with E-state index < -0.39 is 36.0 Å². The minimum atomic E-state index is -1.10. The molecule has 0 saturated carbocycles. The molecule has 3 saturated heterocycles. The topological polar surface area (TPSA) is 154 Å². The Morgan fingerprint density at radius 2 is 1.72 bits per heavy atom. The maximum absolute atomic E-state index is 13.4. The Morgan fingerprint density at radius 1 is 1.03 bits per heavy atom. The summed E-state index contributed by atoms with van der Waals surface area (Å²) < 4.78 is 0. The van der Waals surface area contributed by atoms with Crippen molar-refractivity contribution >= 4 is 41.3 Å². The molecule has 0 aromatic heterocycles. The van der Waals surface area contributed by atoms with Gasteiger partial charge in [-0.3, -0.25) is 24.0 Å². The van der Waals surface area contributed by atoms with E-state index in [0.29, 0.717) is 51.9 Å². The second kappa shape index (κ2) is 13.3. The predicted octanol–water partition coefficient (Wildman–Crippen LogP) is -0.804. The van der Waals surface area contributed by atoms with E-state index in [1.165, 1.54) is 4.90 Å². The molecule has 0 aromatic rings. The van der Waals surface area contributed by atoms with Crippen LogP contribution in [0.5, 0.6) is 0 Å². The Morgan fingerprint density at radius 3 is 2.42 bits per heavy atom. The van der Waals surface area contributed by atoms with Crippen LogP contribution in [0.4, 0.5) is 0 Å². The van der Waals surface area contributed by atoms with Crippen molar-refractivity contribution in [3.63, 3.8) is 0 Å². The number of carbonyl (C=O) groups excluding carboxylic acids is 5. The van der Waals surface area contributed by atoms with E-state index in [4.69, 9.17) is 5.73 Å². The number of hydrogen-bond donors (Lipinski definition) is 4. The van der Waals surface area contributed by atoms with Gasteiger partial charge in [0.25, 0.3) is 0 Å². The highest BCUT2D eigenvalue weighted by molar-refractivity contribution is 7.99. The van der Waals surface area contributed by atoms with Gasteiger partial charge in [0.15, 0.2) is 0 Å². The second-order valence-electron chi connectivity index (χ2n) is 9.98. The van der Waals surface area contributed by atoms with E-state index in [9.17, 15) is 24.0 Å². The van der Waals surface area contributed by atoms with E-state index in [1.54, 1.807) is 30.5 Å². The van der Waals surface area contributed by atoms with Gasteiger partial charge < -0.3 is 31.5 Å². The first-order valence-corrected chi connectivity index (χ1v) is 14.2. The van der Waals surface area contributed by atoms with Gasteiger partial charge in [0.1, 0.15) is 24.2 Å². The van der Waals surface area contributed by atoms with Crippen molar-refractivity contribution in [2.75, 3.05) is 37.7 Å². The molecule has 5 amide bonds. The first-order valence-electron chi connectivity index (χ1n) is 13.0. The first kappa shape index (κ1) is 28.2. The molecule has 5 N–H and O–H groups in total. The molecule has 0 aromatic carbocycles. The maximum Gasteiger partial charge on any atom is 0.246 e. The molecular weight excluding hydrogens is 484 g/mol. The van der Waals surface area contributed by atoms with E-state index in [2.05, 4.69) is 16.0 Å². The highest BCUT2D eigenvalue weighted by atomic mass is 32.2. The molecule has 0 bridgehead atoms. The van der Waals surface area contributed by atoms with Crippen LogP contribution < -0.4 is 21.7 Å². The fourth-order valence-electron chi connectivity index (χ4n) is 5.06. The summed E-state index contributed by atoms with van der Waals surface area (Å²) in [7, 11) is 0. The van der Waals surface area contributed by atoms with Crippen LogP contribution in [-0.2, 0) is 24.0 Å². The first-order chi connectivity index (χ1) is 17.2. The zero-order valence-corrected chi connectivity index (χ0v) is 22.1. The smallest absolute Gasteiger partial charge is 0.246 e. The van der Waals surface area contributed by atoms with E-state index in [1.807, 2.05) is 0 Å². The van der Waals surface area contributed by atoms with Crippen molar-refractivity contribution in [2.24, 2.45) is 11.7 Å². The summed E-state index contributed by atoms with van der Waals surface area (Å²) in [5, 5.41) is 8.34. The number of fused-ring (bicyclic) bond motifs is 2. The van der Waals surface area contributed by atoms with Crippen LogP contribution in [0, 0.1) is 5.92 Å². The van der Waals surface area contributed by atoms with Gasteiger partial charge in [-0.25, -0.2) is 0 Å². The number of nitrogens with one attached hydrogen (secondary N) is 3. The third-order valence-corrected chi connectivity index (χ3v) is 8.08. The van der Waals surface area contributed by atoms with Crippen LogP contribution >= 0.6 is 11.8 Å². The van der Waals surface area contributed by atoms with Gasteiger partial charge in [-0.05, 0) is 43.8 Å². The Kier molecular flexibility index (Phi) is 10.4. The Labute approximate surface area is 217 Å². The Balaban J connectivity index is 1.81. The molecule has 3 rings (SSSR count). The van der Waals surface area contributed by atoms with Crippen molar-refractivity contribution in [3.05, 3.63) is 0 Å². The summed E-state index contributed by atoms with van der Waals surface area (Å²) >= 11 is 1.70. The zero-order valence-electron chi connectivity index (χ0n) is 21.3. The lowest BCUT2D eigenvalue weighted by Gasteiger charge is -2.31. The quantitative estimate of drug-likeness (QED) is 0.303. The molecule has 0 aliphatic carbocycles. The lowest BCUT2D eigenvalue weighted by atomic mass is 10.0. The van der Waals surface area contributed by atoms with Crippen LogP contribution in [0.3, 0.4) is 0 Å². The van der Waals surface area contributed by atoms with Gasteiger partial charge in [0, 0.05) is 31.9 Å². The number of hydrogen-bond acceptors (Lipinski definition) is 7. The summed E-state index contributed by atoms with van der Waals surface area (Å²) in [6.45, 7) is 5.46.